The van der Waals surface area contributed by atoms with Crippen molar-refractivity contribution in [3.8, 4) is 11.6 Å². The van der Waals surface area contributed by atoms with Crippen LogP contribution in [0, 0.1) is 0 Å². The van der Waals surface area contributed by atoms with E-state index in [9.17, 15) is 4.79 Å². The fraction of sp³-hybridized carbons (Fsp3) is 0.348. The number of urea groups is 1. The molecule has 1 aliphatic carbocycles. The Morgan fingerprint density at radius 1 is 1.10 bits per heavy atom. The van der Waals surface area contributed by atoms with Crippen LogP contribution in [-0.2, 0) is 13.0 Å². The van der Waals surface area contributed by atoms with Crippen LogP contribution in [0.5, 0.6) is 5.88 Å². The number of benzene rings is 1. The van der Waals surface area contributed by atoms with Crippen LogP contribution >= 0.6 is 0 Å². The molecule has 7 nitrogen and oxygen atoms in total. The summed E-state index contributed by atoms with van der Waals surface area (Å²) in [7, 11) is 0. The van der Waals surface area contributed by atoms with Crippen LogP contribution in [0.15, 0.2) is 61.1 Å². The minimum Gasteiger partial charge on any atom is -0.474 e. The zero-order valence-corrected chi connectivity index (χ0v) is 17.0. The van der Waals surface area contributed by atoms with E-state index < -0.39 is 0 Å². The highest BCUT2D eigenvalue weighted by molar-refractivity contribution is 5.73. The Labute approximate surface area is 176 Å². The summed E-state index contributed by atoms with van der Waals surface area (Å²) in [6.07, 6.45) is 11.2. The third-order valence-electron chi connectivity index (χ3n) is 5.20. The molecule has 156 valence electrons. The lowest BCUT2D eigenvalue weighted by Gasteiger charge is -2.13. The van der Waals surface area contributed by atoms with Gasteiger partial charge in [0.25, 0.3) is 0 Å². The maximum absolute atomic E-state index is 12.1. The van der Waals surface area contributed by atoms with Crippen molar-refractivity contribution in [2.24, 2.45) is 0 Å². The summed E-state index contributed by atoms with van der Waals surface area (Å²) in [5, 5.41) is 10.1. The van der Waals surface area contributed by atoms with E-state index in [2.05, 4.69) is 20.7 Å². The van der Waals surface area contributed by atoms with E-state index in [1.807, 2.05) is 59.5 Å². The van der Waals surface area contributed by atoms with Crippen molar-refractivity contribution in [3.63, 3.8) is 0 Å². The Bertz CT molecular complexity index is 951. The van der Waals surface area contributed by atoms with E-state index >= 15 is 0 Å². The molecule has 0 radical (unpaired) electrons. The van der Waals surface area contributed by atoms with Crippen molar-refractivity contribution in [1.29, 1.82) is 0 Å². The first kappa shape index (κ1) is 19.9. The summed E-state index contributed by atoms with van der Waals surface area (Å²) < 4.78 is 7.76. The van der Waals surface area contributed by atoms with E-state index in [4.69, 9.17) is 4.74 Å². The Balaban J connectivity index is 1.19. The molecule has 2 amide bonds. The van der Waals surface area contributed by atoms with Crippen LogP contribution in [0.4, 0.5) is 4.79 Å². The SMILES string of the molecule is O=C(NCCc1cnn(-c2ccccc2)c1)NCc1ccnc(OC2CCCC2)c1. The van der Waals surface area contributed by atoms with Crippen LogP contribution in [0.2, 0.25) is 0 Å². The first-order chi connectivity index (χ1) is 14.8. The minimum atomic E-state index is -0.194. The lowest BCUT2D eigenvalue weighted by molar-refractivity contribution is 0.201. The molecule has 0 spiro atoms. The van der Waals surface area contributed by atoms with Crippen LogP contribution in [0.3, 0.4) is 0 Å². The monoisotopic (exact) mass is 405 g/mol. The number of rotatable bonds is 8. The second-order valence-electron chi connectivity index (χ2n) is 7.51. The fourth-order valence-corrected chi connectivity index (χ4v) is 3.58. The third kappa shape index (κ3) is 5.59. The molecule has 3 aromatic rings. The van der Waals surface area contributed by atoms with Crippen molar-refractivity contribution in [3.05, 3.63) is 72.2 Å². The fourth-order valence-electron chi connectivity index (χ4n) is 3.58. The molecule has 30 heavy (non-hydrogen) atoms. The highest BCUT2D eigenvalue weighted by atomic mass is 16.5. The number of amides is 2. The van der Waals surface area contributed by atoms with Gasteiger partial charge in [0.15, 0.2) is 0 Å². The van der Waals surface area contributed by atoms with Gasteiger partial charge in [-0.3, -0.25) is 0 Å². The van der Waals surface area contributed by atoms with Gasteiger partial charge in [0, 0.05) is 31.5 Å². The number of hydrogen-bond donors (Lipinski definition) is 2. The molecule has 2 heterocycles. The molecule has 1 fully saturated rings. The largest absolute Gasteiger partial charge is 0.474 e. The summed E-state index contributed by atoms with van der Waals surface area (Å²) in [5.41, 5.74) is 3.06. The molecule has 0 aliphatic heterocycles. The number of carbonyl (C=O) groups excluding carboxylic acids is 1. The Kier molecular flexibility index (Phi) is 6.59. The smallest absolute Gasteiger partial charge is 0.315 e. The highest BCUT2D eigenvalue weighted by Crippen LogP contribution is 2.23. The number of ether oxygens (including phenoxy) is 1. The van der Waals surface area contributed by atoms with E-state index in [-0.39, 0.29) is 12.1 Å². The van der Waals surface area contributed by atoms with E-state index in [1.165, 1.54) is 12.8 Å². The maximum Gasteiger partial charge on any atom is 0.315 e. The zero-order chi connectivity index (χ0) is 20.6. The van der Waals surface area contributed by atoms with Crippen molar-refractivity contribution in [1.82, 2.24) is 25.4 Å². The van der Waals surface area contributed by atoms with Gasteiger partial charge in [-0.05, 0) is 61.4 Å². The highest BCUT2D eigenvalue weighted by Gasteiger charge is 2.17. The normalized spacial score (nSPS) is 13.9. The number of hydrogen-bond acceptors (Lipinski definition) is 4. The minimum absolute atomic E-state index is 0.194. The third-order valence-corrected chi connectivity index (χ3v) is 5.20. The van der Waals surface area contributed by atoms with Crippen LogP contribution in [-0.4, -0.2) is 33.4 Å². The van der Waals surface area contributed by atoms with Crippen molar-refractivity contribution < 1.29 is 9.53 Å². The van der Waals surface area contributed by atoms with Crippen LogP contribution in [0.1, 0.15) is 36.8 Å². The second kappa shape index (κ2) is 9.91. The molecular weight excluding hydrogens is 378 g/mol. The molecule has 0 bridgehead atoms. The number of carbonyl (C=O) groups is 1. The predicted octanol–water partition coefficient (Wildman–Crippen LogP) is 3.63. The van der Waals surface area contributed by atoms with Crippen molar-refractivity contribution >= 4 is 6.03 Å². The summed E-state index contributed by atoms with van der Waals surface area (Å²) in [6, 6.07) is 13.5. The topological polar surface area (TPSA) is 81.1 Å². The standard InChI is InChI=1S/C23H27N5O2/c29-23(25-13-11-19-16-27-28(17-19)20-6-2-1-3-7-20)26-15-18-10-12-24-22(14-18)30-21-8-4-5-9-21/h1-3,6-7,10,12,14,16-17,21H,4-5,8-9,11,13,15H2,(H2,25,26,29). The molecule has 4 rings (SSSR count). The van der Waals surface area contributed by atoms with Gasteiger partial charge in [-0.25, -0.2) is 14.5 Å². The number of para-hydroxylation sites is 1. The zero-order valence-electron chi connectivity index (χ0n) is 17.0. The molecule has 0 unspecified atom stereocenters. The summed E-state index contributed by atoms with van der Waals surface area (Å²) in [6.45, 7) is 0.972. The lowest BCUT2D eigenvalue weighted by Crippen LogP contribution is -2.36. The first-order valence-electron chi connectivity index (χ1n) is 10.5. The van der Waals surface area contributed by atoms with Gasteiger partial charge in [0.05, 0.1) is 11.9 Å². The van der Waals surface area contributed by atoms with E-state index in [1.54, 1.807) is 6.20 Å². The molecule has 0 saturated heterocycles. The van der Waals surface area contributed by atoms with Crippen molar-refractivity contribution in [2.45, 2.75) is 44.8 Å². The number of aromatic nitrogens is 3. The Hall–Kier alpha value is -3.35. The van der Waals surface area contributed by atoms with Gasteiger partial charge in [-0.2, -0.15) is 5.10 Å². The molecular formula is C23H27N5O2. The number of nitrogens with one attached hydrogen (secondary N) is 2. The summed E-state index contributed by atoms with van der Waals surface area (Å²) >= 11 is 0. The average Bonchev–Trinajstić information content (AvgIpc) is 3.46. The molecule has 1 aromatic carbocycles. The Morgan fingerprint density at radius 2 is 1.93 bits per heavy atom. The molecule has 1 aliphatic rings. The van der Waals surface area contributed by atoms with Gasteiger partial charge in [-0.15, -0.1) is 0 Å². The quantitative estimate of drug-likeness (QED) is 0.600. The summed E-state index contributed by atoms with van der Waals surface area (Å²) in [5.74, 6) is 0.636. The average molecular weight is 406 g/mol. The van der Waals surface area contributed by atoms with Gasteiger partial charge >= 0.3 is 6.03 Å². The van der Waals surface area contributed by atoms with E-state index in [0.29, 0.717) is 19.0 Å². The van der Waals surface area contributed by atoms with Gasteiger partial charge in [0.1, 0.15) is 6.10 Å². The van der Waals surface area contributed by atoms with E-state index in [0.717, 1.165) is 36.1 Å². The van der Waals surface area contributed by atoms with Crippen LogP contribution < -0.4 is 15.4 Å². The predicted molar refractivity (Wildman–Crippen MR) is 115 cm³/mol. The molecule has 7 heteroatoms. The van der Waals surface area contributed by atoms with Crippen LogP contribution in [0.25, 0.3) is 5.69 Å². The molecule has 1 saturated carbocycles. The molecule has 2 aromatic heterocycles. The number of nitrogens with zero attached hydrogens (tertiary/aromatic N) is 3. The van der Waals surface area contributed by atoms with Gasteiger partial charge in [-0.1, -0.05) is 18.2 Å². The van der Waals surface area contributed by atoms with Crippen molar-refractivity contribution in [2.75, 3.05) is 6.54 Å². The summed E-state index contributed by atoms with van der Waals surface area (Å²) in [4.78, 5) is 16.4. The van der Waals surface area contributed by atoms with Gasteiger partial charge < -0.3 is 15.4 Å². The molecule has 0 atom stereocenters. The lowest BCUT2D eigenvalue weighted by atomic mass is 10.2. The molecule has 2 N–H and O–H groups in total. The first-order valence-corrected chi connectivity index (χ1v) is 10.5. The Morgan fingerprint density at radius 3 is 2.77 bits per heavy atom. The maximum atomic E-state index is 12.1. The van der Waals surface area contributed by atoms with Gasteiger partial charge in [0.2, 0.25) is 5.88 Å². The number of pyridine rings is 1. The second-order valence-corrected chi connectivity index (χ2v) is 7.51.